The van der Waals surface area contributed by atoms with Gasteiger partial charge in [0.25, 0.3) is 0 Å². The van der Waals surface area contributed by atoms with E-state index in [0.717, 1.165) is 53.4 Å². The van der Waals surface area contributed by atoms with Crippen molar-refractivity contribution in [2.24, 2.45) is 5.92 Å². The van der Waals surface area contributed by atoms with Crippen molar-refractivity contribution < 1.29 is 14.3 Å². The third kappa shape index (κ3) is 4.59. The summed E-state index contributed by atoms with van der Waals surface area (Å²) in [5, 5.41) is 3.22. The Morgan fingerprint density at radius 2 is 1.93 bits per heavy atom. The summed E-state index contributed by atoms with van der Waals surface area (Å²) in [4.78, 5) is 15.1. The van der Waals surface area contributed by atoms with Gasteiger partial charge in [0, 0.05) is 17.9 Å². The number of halogens is 1. The number of benzene rings is 2. The van der Waals surface area contributed by atoms with E-state index in [4.69, 9.17) is 15.2 Å². The van der Waals surface area contributed by atoms with E-state index in [1.54, 1.807) is 0 Å². The Hall–Kier alpha value is -2.60. The molecule has 162 valence electrons. The van der Waals surface area contributed by atoms with Crippen LogP contribution in [0, 0.1) is 5.92 Å². The number of amides is 1. The standard InChI is InChI=1S/C23H29N3O3.ClH/c1-15(2)23(16-8-9-20-21(13-16)29-12-11-28-20)25-22(27)14-26-10-4-5-17-18(24)6-3-7-19(17)26;/h3,6-9,13,15,23H,4-5,10-12,14,24H2,1-2H3,(H,25,27);1H. The third-order valence-electron chi connectivity index (χ3n) is 5.63. The van der Waals surface area contributed by atoms with E-state index < -0.39 is 0 Å². The van der Waals surface area contributed by atoms with Crippen LogP contribution in [0.3, 0.4) is 0 Å². The molecule has 30 heavy (non-hydrogen) atoms. The average Bonchev–Trinajstić information content (AvgIpc) is 2.72. The first-order valence-corrected chi connectivity index (χ1v) is 10.3. The predicted molar refractivity (Wildman–Crippen MR) is 122 cm³/mol. The Balaban J connectivity index is 0.00000256. The van der Waals surface area contributed by atoms with Gasteiger partial charge >= 0.3 is 0 Å². The lowest BCUT2D eigenvalue weighted by molar-refractivity contribution is -0.120. The minimum Gasteiger partial charge on any atom is -0.486 e. The van der Waals surface area contributed by atoms with Gasteiger partial charge in [-0.15, -0.1) is 12.4 Å². The number of carbonyl (C=O) groups excluding carboxylic acids is 1. The van der Waals surface area contributed by atoms with Crippen LogP contribution in [-0.2, 0) is 11.2 Å². The van der Waals surface area contributed by atoms with Gasteiger partial charge in [-0.1, -0.05) is 26.0 Å². The van der Waals surface area contributed by atoms with Crippen LogP contribution < -0.4 is 25.4 Å². The summed E-state index contributed by atoms with van der Waals surface area (Å²) in [7, 11) is 0. The van der Waals surface area contributed by atoms with Gasteiger partial charge in [-0.05, 0) is 54.2 Å². The fraction of sp³-hybridized carbons (Fsp3) is 0.435. The summed E-state index contributed by atoms with van der Waals surface area (Å²) in [6, 6.07) is 11.8. The molecule has 4 rings (SSSR count). The molecule has 2 aromatic carbocycles. The maximum atomic E-state index is 12.9. The number of nitrogens with one attached hydrogen (secondary N) is 1. The molecule has 2 aliphatic rings. The lowest BCUT2D eigenvalue weighted by atomic mass is 9.95. The summed E-state index contributed by atoms with van der Waals surface area (Å²) >= 11 is 0. The Bertz CT molecular complexity index is 903. The number of hydrogen-bond acceptors (Lipinski definition) is 5. The van der Waals surface area contributed by atoms with Crippen LogP contribution in [0.5, 0.6) is 11.5 Å². The maximum absolute atomic E-state index is 12.9. The number of nitrogens with zero attached hydrogens (tertiary/aromatic N) is 1. The zero-order chi connectivity index (χ0) is 20.4. The van der Waals surface area contributed by atoms with E-state index in [1.165, 1.54) is 0 Å². The van der Waals surface area contributed by atoms with Crippen LogP contribution in [0.2, 0.25) is 0 Å². The predicted octanol–water partition coefficient (Wildman–Crippen LogP) is 3.73. The number of fused-ring (bicyclic) bond motifs is 2. The second-order valence-corrected chi connectivity index (χ2v) is 8.06. The number of carbonyl (C=O) groups is 1. The average molecular weight is 432 g/mol. The third-order valence-corrected chi connectivity index (χ3v) is 5.63. The second-order valence-electron chi connectivity index (χ2n) is 8.06. The van der Waals surface area contributed by atoms with Crippen molar-refractivity contribution in [3.05, 3.63) is 47.5 Å². The van der Waals surface area contributed by atoms with E-state index in [1.807, 2.05) is 30.3 Å². The van der Waals surface area contributed by atoms with Crippen LogP contribution in [0.1, 0.15) is 37.4 Å². The molecule has 1 unspecified atom stereocenters. The summed E-state index contributed by atoms with van der Waals surface area (Å²) < 4.78 is 11.3. The van der Waals surface area contributed by atoms with Crippen LogP contribution >= 0.6 is 12.4 Å². The zero-order valence-corrected chi connectivity index (χ0v) is 18.3. The first-order chi connectivity index (χ1) is 14.0. The Kier molecular flexibility index (Phi) is 6.98. The van der Waals surface area contributed by atoms with Gasteiger partial charge in [-0.25, -0.2) is 0 Å². The molecule has 2 heterocycles. The van der Waals surface area contributed by atoms with Crippen LogP contribution in [-0.4, -0.2) is 32.2 Å². The molecule has 2 aliphatic heterocycles. The number of nitrogens with two attached hydrogens (primary N) is 1. The molecular weight excluding hydrogens is 402 g/mol. The van der Waals surface area contributed by atoms with Gasteiger partial charge < -0.3 is 25.4 Å². The van der Waals surface area contributed by atoms with Crippen molar-refractivity contribution in [1.29, 1.82) is 0 Å². The van der Waals surface area contributed by atoms with Gasteiger partial charge in [0.05, 0.1) is 12.6 Å². The molecule has 0 saturated heterocycles. The first kappa shape index (κ1) is 22.1. The fourth-order valence-electron chi connectivity index (χ4n) is 4.17. The van der Waals surface area contributed by atoms with E-state index in [9.17, 15) is 4.79 Å². The minimum atomic E-state index is -0.0940. The van der Waals surface area contributed by atoms with Crippen LogP contribution in [0.15, 0.2) is 36.4 Å². The van der Waals surface area contributed by atoms with Gasteiger partial charge in [0.2, 0.25) is 5.91 Å². The Morgan fingerprint density at radius 1 is 1.17 bits per heavy atom. The SMILES string of the molecule is CC(C)C(NC(=O)CN1CCCc2c(N)cccc21)c1ccc2c(c1)OCCO2.Cl. The highest BCUT2D eigenvalue weighted by Gasteiger charge is 2.24. The molecule has 0 aromatic heterocycles. The molecule has 0 fully saturated rings. The van der Waals surface area contributed by atoms with Crippen molar-refractivity contribution >= 4 is 29.7 Å². The molecule has 0 aliphatic carbocycles. The summed E-state index contributed by atoms with van der Waals surface area (Å²) in [5.41, 5.74) is 10.2. The van der Waals surface area contributed by atoms with E-state index in [2.05, 4.69) is 30.1 Å². The zero-order valence-electron chi connectivity index (χ0n) is 17.5. The number of anilines is 2. The number of hydrogen-bond donors (Lipinski definition) is 2. The molecule has 2 aromatic rings. The van der Waals surface area contributed by atoms with Crippen molar-refractivity contribution in [1.82, 2.24) is 5.32 Å². The summed E-state index contributed by atoms with van der Waals surface area (Å²) in [6.45, 7) is 6.52. The minimum absolute atomic E-state index is 0. The quantitative estimate of drug-likeness (QED) is 0.705. The van der Waals surface area contributed by atoms with Crippen molar-refractivity contribution in [2.45, 2.75) is 32.7 Å². The normalized spacial score (nSPS) is 15.8. The van der Waals surface area contributed by atoms with Crippen molar-refractivity contribution in [3.8, 4) is 11.5 Å². The summed E-state index contributed by atoms with van der Waals surface area (Å²) in [6.07, 6.45) is 1.97. The lowest BCUT2D eigenvalue weighted by Crippen LogP contribution is -2.42. The monoisotopic (exact) mass is 431 g/mol. The highest BCUT2D eigenvalue weighted by Crippen LogP contribution is 2.35. The van der Waals surface area contributed by atoms with Gasteiger partial charge in [0.1, 0.15) is 13.2 Å². The molecule has 1 amide bonds. The van der Waals surface area contributed by atoms with Crippen molar-refractivity contribution in [2.75, 3.05) is 36.9 Å². The molecule has 3 N–H and O–H groups in total. The molecule has 7 heteroatoms. The summed E-state index contributed by atoms with van der Waals surface area (Å²) in [5.74, 6) is 1.75. The number of rotatable bonds is 5. The number of ether oxygens (including phenoxy) is 2. The van der Waals surface area contributed by atoms with Gasteiger partial charge in [-0.2, -0.15) is 0 Å². The molecule has 0 radical (unpaired) electrons. The molecule has 0 bridgehead atoms. The fourth-order valence-corrected chi connectivity index (χ4v) is 4.17. The van der Waals surface area contributed by atoms with E-state index in [0.29, 0.717) is 19.8 Å². The highest BCUT2D eigenvalue weighted by atomic mass is 35.5. The second kappa shape index (κ2) is 9.47. The topological polar surface area (TPSA) is 76.8 Å². The Labute approximate surface area is 184 Å². The number of nitrogen functional groups attached to an aromatic ring is 1. The Morgan fingerprint density at radius 3 is 2.70 bits per heavy atom. The molecular formula is C23H30ClN3O3. The van der Waals surface area contributed by atoms with Crippen molar-refractivity contribution in [3.63, 3.8) is 0 Å². The smallest absolute Gasteiger partial charge is 0.240 e. The molecule has 0 saturated carbocycles. The van der Waals surface area contributed by atoms with Gasteiger partial charge in [0.15, 0.2) is 11.5 Å². The first-order valence-electron chi connectivity index (χ1n) is 10.3. The largest absolute Gasteiger partial charge is 0.486 e. The highest BCUT2D eigenvalue weighted by molar-refractivity contribution is 5.85. The lowest BCUT2D eigenvalue weighted by Gasteiger charge is -2.32. The molecule has 0 spiro atoms. The maximum Gasteiger partial charge on any atom is 0.240 e. The molecule has 1 atom stereocenters. The van der Waals surface area contributed by atoms with E-state index in [-0.39, 0.29) is 30.3 Å². The van der Waals surface area contributed by atoms with Crippen LogP contribution in [0.25, 0.3) is 0 Å². The van der Waals surface area contributed by atoms with Gasteiger partial charge in [-0.3, -0.25) is 4.79 Å². The molecule has 6 nitrogen and oxygen atoms in total. The van der Waals surface area contributed by atoms with E-state index >= 15 is 0 Å². The van der Waals surface area contributed by atoms with Crippen LogP contribution in [0.4, 0.5) is 11.4 Å².